The molecule has 0 saturated carbocycles. The van der Waals surface area contributed by atoms with Crippen molar-refractivity contribution >= 4 is 17.6 Å². The van der Waals surface area contributed by atoms with Crippen LogP contribution in [0.15, 0.2) is 66.7 Å². The number of carboxylic acid groups (broad SMARTS) is 1. The highest BCUT2D eigenvalue weighted by Gasteiger charge is 2.30. The first-order valence-corrected chi connectivity index (χ1v) is 8.39. The van der Waals surface area contributed by atoms with Crippen LogP contribution >= 0.6 is 11.6 Å². The fraction of sp³-hybridized carbons (Fsp3) is 0.0952. The van der Waals surface area contributed by atoms with Gasteiger partial charge in [0.15, 0.2) is 0 Å². The highest BCUT2D eigenvalue weighted by Crippen LogP contribution is 2.33. The third-order valence-corrected chi connectivity index (χ3v) is 4.29. The first kappa shape index (κ1) is 19.0. The SMILES string of the molecule is O=C(O)Cc1cc(-c2ccc(C(F)(F)F)cc2)cc(-c2cccc(Cl)c2)c1. The Kier molecular flexibility index (Phi) is 5.24. The van der Waals surface area contributed by atoms with Gasteiger partial charge >= 0.3 is 12.1 Å². The van der Waals surface area contributed by atoms with Gasteiger partial charge in [-0.2, -0.15) is 13.2 Å². The molecular weight excluding hydrogens is 377 g/mol. The van der Waals surface area contributed by atoms with Crippen LogP contribution in [0.5, 0.6) is 0 Å². The van der Waals surface area contributed by atoms with E-state index < -0.39 is 17.7 Å². The zero-order valence-corrected chi connectivity index (χ0v) is 14.7. The number of hydrogen-bond donors (Lipinski definition) is 1. The van der Waals surface area contributed by atoms with Crippen LogP contribution in [-0.4, -0.2) is 11.1 Å². The Bertz CT molecular complexity index is 979. The molecule has 6 heteroatoms. The van der Waals surface area contributed by atoms with Crippen molar-refractivity contribution in [2.24, 2.45) is 0 Å². The third-order valence-electron chi connectivity index (χ3n) is 4.05. The summed E-state index contributed by atoms with van der Waals surface area (Å²) >= 11 is 6.04. The van der Waals surface area contributed by atoms with E-state index in [0.717, 1.165) is 23.3 Å². The van der Waals surface area contributed by atoms with Crippen LogP contribution in [0.25, 0.3) is 22.3 Å². The van der Waals surface area contributed by atoms with Gasteiger partial charge in [-0.05, 0) is 58.1 Å². The predicted octanol–water partition coefficient (Wildman–Crippen LogP) is 6.32. The van der Waals surface area contributed by atoms with E-state index in [1.165, 1.54) is 12.1 Å². The monoisotopic (exact) mass is 390 g/mol. The van der Waals surface area contributed by atoms with Gasteiger partial charge in [0, 0.05) is 5.02 Å². The third kappa shape index (κ3) is 4.68. The van der Waals surface area contributed by atoms with Gasteiger partial charge in [0.05, 0.1) is 12.0 Å². The molecular formula is C21H14ClF3O2. The van der Waals surface area contributed by atoms with E-state index in [1.54, 1.807) is 36.4 Å². The van der Waals surface area contributed by atoms with Crippen LogP contribution in [0.4, 0.5) is 13.2 Å². The summed E-state index contributed by atoms with van der Waals surface area (Å²) in [6.45, 7) is 0. The average Bonchev–Trinajstić information content (AvgIpc) is 2.60. The maximum Gasteiger partial charge on any atom is 0.416 e. The largest absolute Gasteiger partial charge is 0.481 e. The fourth-order valence-electron chi connectivity index (χ4n) is 2.82. The molecule has 3 aromatic carbocycles. The predicted molar refractivity (Wildman–Crippen MR) is 98.7 cm³/mol. The van der Waals surface area contributed by atoms with Crippen molar-refractivity contribution in [2.75, 3.05) is 0 Å². The van der Waals surface area contributed by atoms with Crippen molar-refractivity contribution in [1.82, 2.24) is 0 Å². The maximum atomic E-state index is 12.8. The molecule has 0 aliphatic rings. The molecule has 0 radical (unpaired) electrons. The van der Waals surface area contributed by atoms with Crippen LogP contribution in [-0.2, 0) is 17.4 Å². The summed E-state index contributed by atoms with van der Waals surface area (Å²) in [5, 5.41) is 9.65. The number of benzene rings is 3. The molecule has 1 N–H and O–H groups in total. The zero-order valence-electron chi connectivity index (χ0n) is 13.9. The molecule has 0 heterocycles. The summed E-state index contributed by atoms with van der Waals surface area (Å²) in [5.74, 6) is -0.989. The molecule has 0 aliphatic heterocycles. The van der Waals surface area contributed by atoms with E-state index in [2.05, 4.69) is 0 Å². The van der Waals surface area contributed by atoms with E-state index in [1.807, 2.05) is 6.07 Å². The van der Waals surface area contributed by atoms with E-state index in [9.17, 15) is 18.0 Å². The minimum absolute atomic E-state index is 0.192. The lowest BCUT2D eigenvalue weighted by molar-refractivity contribution is -0.138. The summed E-state index contributed by atoms with van der Waals surface area (Å²) in [7, 11) is 0. The molecule has 0 amide bonds. The summed E-state index contributed by atoms with van der Waals surface area (Å²) in [4.78, 5) is 11.1. The molecule has 3 rings (SSSR count). The van der Waals surface area contributed by atoms with Gasteiger partial charge in [-0.1, -0.05) is 48.0 Å². The van der Waals surface area contributed by atoms with Crippen molar-refractivity contribution in [3.63, 3.8) is 0 Å². The van der Waals surface area contributed by atoms with E-state index in [0.29, 0.717) is 21.7 Å². The maximum absolute atomic E-state index is 12.8. The Labute approximate surface area is 158 Å². The Morgan fingerprint density at radius 3 is 2.04 bits per heavy atom. The molecule has 0 atom stereocenters. The molecule has 0 saturated heterocycles. The van der Waals surface area contributed by atoms with Crippen molar-refractivity contribution in [1.29, 1.82) is 0 Å². The number of halogens is 4. The van der Waals surface area contributed by atoms with Crippen LogP contribution < -0.4 is 0 Å². The normalized spacial score (nSPS) is 11.4. The van der Waals surface area contributed by atoms with Gasteiger partial charge in [-0.25, -0.2) is 0 Å². The number of carboxylic acids is 1. The molecule has 0 fully saturated rings. The summed E-state index contributed by atoms with van der Waals surface area (Å²) in [6, 6.07) is 17.1. The molecule has 3 aromatic rings. The quantitative estimate of drug-likeness (QED) is 0.566. The fourth-order valence-corrected chi connectivity index (χ4v) is 3.01. The summed E-state index contributed by atoms with van der Waals surface area (Å²) in [5.41, 5.74) is 2.56. The second kappa shape index (κ2) is 7.45. The molecule has 0 spiro atoms. The van der Waals surface area contributed by atoms with Crippen LogP contribution in [0.1, 0.15) is 11.1 Å². The molecule has 0 aliphatic carbocycles. The van der Waals surface area contributed by atoms with Gasteiger partial charge in [0.2, 0.25) is 0 Å². The van der Waals surface area contributed by atoms with E-state index in [4.69, 9.17) is 16.7 Å². The van der Waals surface area contributed by atoms with E-state index in [-0.39, 0.29) is 6.42 Å². The second-order valence-electron chi connectivity index (χ2n) is 6.07. The highest BCUT2D eigenvalue weighted by atomic mass is 35.5. The summed E-state index contributed by atoms with van der Waals surface area (Å²) < 4.78 is 38.3. The Balaban J connectivity index is 2.09. The van der Waals surface area contributed by atoms with Crippen molar-refractivity contribution in [2.45, 2.75) is 12.6 Å². The zero-order chi connectivity index (χ0) is 19.6. The standard InChI is InChI=1S/C21H14ClF3O2/c22-19-3-1-2-15(12-19)17-9-13(10-20(26)27)8-16(11-17)14-4-6-18(7-5-14)21(23,24)25/h1-9,11-12H,10H2,(H,26,27). The molecule has 0 bridgehead atoms. The number of rotatable bonds is 4. The van der Waals surface area contributed by atoms with E-state index >= 15 is 0 Å². The highest BCUT2D eigenvalue weighted by molar-refractivity contribution is 6.30. The molecule has 138 valence electrons. The lowest BCUT2D eigenvalue weighted by Crippen LogP contribution is -2.04. The van der Waals surface area contributed by atoms with Crippen molar-refractivity contribution < 1.29 is 23.1 Å². The number of carbonyl (C=O) groups is 1. The van der Waals surface area contributed by atoms with Crippen molar-refractivity contribution in [3.8, 4) is 22.3 Å². The van der Waals surface area contributed by atoms with Gasteiger partial charge in [-0.3, -0.25) is 4.79 Å². The molecule has 0 aromatic heterocycles. The molecule has 0 unspecified atom stereocenters. The van der Waals surface area contributed by atoms with Gasteiger partial charge in [0.1, 0.15) is 0 Å². The van der Waals surface area contributed by atoms with Crippen LogP contribution in [0.3, 0.4) is 0 Å². The number of alkyl halides is 3. The first-order valence-electron chi connectivity index (χ1n) is 8.02. The number of hydrogen-bond acceptors (Lipinski definition) is 1. The van der Waals surface area contributed by atoms with Gasteiger partial charge in [0.25, 0.3) is 0 Å². The lowest BCUT2D eigenvalue weighted by Gasteiger charge is -2.11. The lowest BCUT2D eigenvalue weighted by atomic mass is 9.94. The average molecular weight is 391 g/mol. The van der Waals surface area contributed by atoms with Crippen molar-refractivity contribution in [3.05, 3.63) is 82.9 Å². The molecule has 2 nitrogen and oxygen atoms in total. The van der Waals surface area contributed by atoms with Crippen LogP contribution in [0.2, 0.25) is 5.02 Å². The smallest absolute Gasteiger partial charge is 0.416 e. The second-order valence-corrected chi connectivity index (χ2v) is 6.51. The molecule has 27 heavy (non-hydrogen) atoms. The Morgan fingerprint density at radius 2 is 1.48 bits per heavy atom. The Hall–Kier alpha value is -2.79. The van der Waals surface area contributed by atoms with Gasteiger partial charge in [-0.15, -0.1) is 0 Å². The van der Waals surface area contributed by atoms with Crippen LogP contribution in [0, 0.1) is 0 Å². The minimum Gasteiger partial charge on any atom is -0.481 e. The Morgan fingerprint density at radius 1 is 0.852 bits per heavy atom. The van der Waals surface area contributed by atoms with Gasteiger partial charge < -0.3 is 5.11 Å². The minimum atomic E-state index is -4.41. The first-order chi connectivity index (χ1) is 12.7. The summed E-state index contributed by atoms with van der Waals surface area (Å²) in [6.07, 6.45) is -4.60. The number of aliphatic carboxylic acids is 1. The topological polar surface area (TPSA) is 37.3 Å².